The Bertz CT molecular complexity index is 1620. The van der Waals surface area contributed by atoms with Crippen LogP contribution in [-0.4, -0.2) is 39.2 Å². The molecule has 0 spiro atoms. The molecule has 200 valence electrons. The zero-order valence-electron chi connectivity index (χ0n) is 22.7. The second-order valence-corrected chi connectivity index (χ2v) is 11.3. The van der Waals surface area contributed by atoms with Crippen LogP contribution < -0.4 is 10.6 Å². The van der Waals surface area contributed by atoms with Gasteiger partial charge in [-0.3, -0.25) is 4.98 Å². The molecule has 4 aromatic rings. The Morgan fingerprint density at radius 1 is 1.26 bits per heavy atom. The number of nitrogens with zero attached hydrogens (tertiary/aromatic N) is 5. The molecule has 6 rings (SSSR count). The average molecular weight is 547 g/mol. The van der Waals surface area contributed by atoms with E-state index in [-0.39, 0.29) is 17.5 Å². The van der Waals surface area contributed by atoms with Gasteiger partial charge in [-0.1, -0.05) is 42.8 Å². The van der Waals surface area contributed by atoms with Crippen LogP contribution in [-0.2, 0) is 4.74 Å². The second-order valence-electron chi connectivity index (χ2n) is 10.9. The van der Waals surface area contributed by atoms with Crippen LogP contribution >= 0.6 is 11.6 Å². The zero-order chi connectivity index (χ0) is 28.1. The number of aromatic nitrogens is 4. The smallest absolute Gasteiger partial charge is 0.123 e. The van der Waals surface area contributed by atoms with E-state index in [2.05, 4.69) is 45.8 Å². The number of hydrogen-bond acceptors (Lipinski definition) is 7. The van der Waals surface area contributed by atoms with Gasteiger partial charge >= 0.3 is 0 Å². The summed E-state index contributed by atoms with van der Waals surface area (Å²) in [4.78, 5) is 4.47. The van der Waals surface area contributed by atoms with Crippen molar-refractivity contribution in [3.05, 3.63) is 76.5 Å². The minimum absolute atomic E-state index is 0.0567. The van der Waals surface area contributed by atoms with E-state index < -0.39 is 11.8 Å². The average Bonchev–Trinajstić information content (AvgIpc) is 3.65. The third kappa shape index (κ3) is 5.14. The fourth-order valence-corrected chi connectivity index (χ4v) is 5.26. The van der Waals surface area contributed by atoms with E-state index in [0.717, 1.165) is 19.3 Å². The summed E-state index contributed by atoms with van der Waals surface area (Å²) in [5.74, 6) is -0.400. The summed E-state index contributed by atoms with van der Waals surface area (Å²) in [6, 6.07) is 10.3. The van der Waals surface area contributed by atoms with E-state index in [1.807, 2.05) is 6.07 Å². The number of fused-ring (bicyclic) bond motifs is 1. The molecule has 2 N–H and O–H groups in total. The Morgan fingerprint density at radius 3 is 2.77 bits per heavy atom. The normalized spacial score (nSPS) is 20.6. The van der Waals surface area contributed by atoms with Crippen LogP contribution in [0.15, 0.2) is 48.8 Å². The maximum atomic E-state index is 13.8. The lowest BCUT2D eigenvalue weighted by molar-refractivity contribution is 0.00350. The summed E-state index contributed by atoms with van der Waals surface area (Å²) in [6.07, 6.45) is 6.11. The number of hydrogen-bond donors (Lipinski definition) is 2. The highest BCUT2D eigenvalue weighted by Crippen LogP contribution is 2.39. The van der Waals surface area contributed by atoms with Gasteiger partial charge in [0.15, 0.2) is 0 Å². The van der Waals surface area contributed by atoms with Gasteiger partial charge in [-0.2, -0.15) is 5.26 Å². The molecular formula is C29H29ClFN7O. The minimum atomic E-state index is -1.60. The van der Waals surface area contributed by atoms with E-state index in [9.17, 15) is 11.0 Å². The molecule has 3 heterocycles. The van der Waals surface area contributed by atoms with Crippen molar-refractivity contribution in [1.29, 1.82) is 5.26 Å². The molecule has 2 aromatic carbocycles. The van der Waals surface area contributed by atoms with Gasteiger partial charge in [0, 0.05) is 35.3 Å². The van der Waals surface area contributed by atoms with Gasteiger partial charge in [-0.15, -0.1) is 5.10 Å². The van der Waals surface area contributed by atoms with E-state index in [0.29, 0.717) is 57.3 Å². The maximum absolute atomic E-state index is 13.8. The highest BCUT2D eigenvalue weighted by Gasteiger charge is 2.34. The van der Waals surface area contributed by atoms with Crippen LogP contribution in [0, 0.1) is 22.6 Å². The first kappa shape index (κ1) is 24.3. The number of pyridine rings is 1. The summed E-state index contributed by atoms with van der Waals surface area (Å²) >= 11 is 6.75. The van der Waals surface area contributed by atoms with Crippen molar-refractivity contribution in [3.8, 4) is 6.07 Å². The van der Waals surface area contributed by atoms with Gasteiger partial charge in [0.2, 0.25) is 0 Å². The molecule has 8 nitrogen and oxygen atoms in total. The quantitative estimate of drug-likeness (QED) is 0.282. The van der Waals surface area contributed by atoms with Crippen molar-refractivity contribution in [2.45, 2.75) is 51.2 Å². The van der Waals surface area contributed by atoms with Gasteiger partial charge in [-0.25, -0.2) is 9.07 Å². The van der Waals surface area contributed by atoms with Gasteiger partial charge in [-0.05, 0) is 49.1 Å². The van der Waals surface area contributed by atoms with Gasteiger partial charge in [0.05, 0.1) is 48.0 Å². The Balaban J connectivity index is 1.45. The standard InChI is InChI=1S/C29H29ClFN7O/c1-29(2)16-39-10-9-25(29)35-26-18(13-32)14-33-28-22(26)11-20(12-23(28)30)34-27(17-3-5-19(31)6-4-17)24-15-38(37-36-24)21-7-8-21/h3-6,11-12,14-15,21,25,27,34H,7-10,16H2,1-2H3,(H,33,35)/i27D. The molecule has 2 unspecified atom stereocenters. The molecule has 39 heavy (non-hydrogen) atoms. The number of nitrogens with one attached hydrogen (secondary N) is 2. The van der Waals surface area contributed by atoms with Crippen LogP contribution in [0.4, 0.5) is 15.8 Å². The molecule has 0 bridgehead atoms. The van der Waals surface area contributed by atoms with Gasteiger partial charge in [0.25, 0.3) is 0 Å². The van der Waals surface area contributed by atoms with E-state index in [4.69, 9.17) is 16.3 Å². The van der Waals surface area contributed by atoms with Crippen molar-refractivity contribution in [2.75, 3.05) is 23.8 Å². The molecule has 1 saturated heterocycles. The number of benzene rings is 2. The molecular weight excluding hydrogens is 517 g/mol. The van der Waals surface area contributed by atoms with Crippen molar-refractivity contribution >= 4 is 33.9 Å². The Kier molecular flexibility index (Phi) is 6.30. The Labute approximate surface area is 232 Å². The lowest BCUT2D eigenvalue weighted by atomic mass is 9.81. The molecule has 1 aliphatic carbocycles. The molecule has 0 radical (unpaired) electrons. The lowest BCUT2D eigenvalue weighted by Crippen LogP contribution is -2.44. The Morgan fingerprint density at radius 2 is 2.05 bits per heavy atom. The third-order valence-electron chi connectivity index (χ3n) is 7.42. The fourth-order valence-electron chi connectivity index (χ4n) is 5.00. The SMILES string of the molecule is [2H]C(Nc1cc(Cl)c2ncc(C#N)c(NC3CCOCC3(C)C)c2c1)(c1ccc(F)cc1)c1cn(C2CC2)nn1. The first-order chi connectivity index (χ1) is 19.2. The number of ether oxygens (including phenoxy) is 1. The molecule has 2 aromatic heterocycles. The molecule has 0 amide bonds. The Hall–Kier alpha value is -3.74. The molecule has 2 fully saturated rings. The maximum Gasteiger partial charge on any atom is 0.123 e. The topological polar surface area (TPSA) is 101 Å². The lowest BCUT2D eigenvalue weighted by Gasteiger charge is -2.39. The van der Waals surface area contributed by atoms with E-state index in [1.165, 1.54) is 18.3 Å². The second kappa shape index (κ2) is 10.1. The van der Waals surface area contributed by atoms with Crippen LogP contribution in [0.25, 0.3) is 10.9 Å². The highest BCUT2D eigenvalue weighted by atomic mass is 35.5. The summed E-state index contributed by atoms with van der Waals surface area (Å²) < 4.78 is 30.9. The van der Waals surface area contributed by atoms with Crippen LogP contribution in [0.2, 0.25) is 5.02 Å². The van der Waals surface area contributed by atoms with Crippen LogP contribution in [0.5, 0.6) is 0 Å². The van der Waals surface area contributed by atoms with Crippen LogP contribution in [0.1, 0.15) is 63.4 Å². The van der Waals surface area contributed by atoms with Gasteiger partial charge in [0.1, 0.15) is 17.6 Å². The summed E-state index contributed by atoms with van der Waals surface area (Å²) in [7, 11) is 0. The summed E-state index contributed by atoms with van der Waals surface area (Å²) in [5.41, 5.74) is 2.78. The molecule has 1 aliphatic heterocycles. The third-order valence-corrected chi connectivity index (χ3v) is 7.71. The first-order valence-corrected chi connectivity index (χ1v) is 13.4. The van der Waals surface area contributed by atoms with Gasteiger partial charge < -0.3 is 15.4 Å². The van der Waals surface area contributed by atoms with E-state index in [1.54, 1.807) is 29.1 Å². The molecule has 10 heteroatoms. The van der Waals surface area contributed by atoms with Crippen molar-refractivity contribution in [2.24, 2.45) is 5.41 Å². The summed E-state index contributed by atoms with van der Waals surface area (Å²) in [6.45, 7) is 5.49. The predicted molar refractivity (Wildman–Crippen MR) is 148 cm³/mol. The minimum Gasteiger partial charge on any atom is -0.381 e. The summed E-state index contributed by atoms with van der Waals surface area (Å²) in [5, 5.41) is 26.4. The number of rotatable bonds is 7. The number of halogens is 2. The first-order valence-electron chi connectivity index (χ1n) is 13.5. The number of anilines is 2. The van der Waals surface area contributed by atoms with Crippen molar-refractivity contribution in [1.82, 2.24) is 20.0 Å². The largest absolute Gasteiger partial charge is 0.381 e. The van der Waals surface area contributed by atoms with Crippen molar-refractivity contribution in [3.63, 3.8) is 0 Å². The molecule has 2 aliphatic rings. The predicted octanol–water partition coefficient (Wildman–Crippen LogP) is 6.25. The van der Waals surface area contributed by atoms with Crippen LogP contribution in [0.3, 0.4) is 0 Å². The zero-order valence-corrected chi connectivity index (χ0v) is 22.5. The van der Waals surface area contributed by atoms with Crippen molar-refractivity contribution < 1.29 is 10.5 Å². The highest BCUT2D eigenvalue weighted by molar-refractivity contribution is 6.35. The molecule has 1 saturated carbocycles. The number of nitriles is 1. The monoisotopic (exact) mass is 546 g/mol. The fraction of sp³-hybridized carbons (Fsp3) is 0.379. The van der Waals surface area contributed by atoms with E-state index >= 15 is 0 Å². The molecule has 2 atom stereocenters.